The number of nitrogens with zero attached hydrogens (tertiary/aromatic N) is 3. The number of nitro groups is 1. The van der Waals surface area contributed by atoms with Crippen LogP contribution in [0.5, 0.6) is 0 Å². The van der Waals surface area contributed by atoms with Gasteiger partial charge in [0.2, 0.25) is 12.4 Å². The van der Waals surface area contributed by atoms with Crippen LogP contribution in [-0.4, -0.2) is 4.92 Å². The Kier molecular flexibility index (Phi) is 5.56. The molecule has 11 heteroatoms. The molecular weight excluding hydrogens is 335 g/mol. The van der Waals surface area contributed by atoms with Crippen LogP contribution in [0.1, 0.15) is 0 Å². The fraction of sp³-hybridized carbons (Fsp3) is 0. The van der Waals surface area contributed by atoms with Crippen molar-refractivity contribution in [1.29, 1.82) is 0 Å². The largest absolute Gasteiger partial charge is 0.618 e. The second kappa shape index (κ2) is 6.95. The Balaban J connectivity index is 0.000000219. The van der Waals surface area contributed by atoms with Gasteiger partial charge >= 0.3 is 5.69 Å². The molecule has 0 amide bonds. The third-order valence-corrected chi connectivity index (χ3v) is 2.54. The molecule has 21 heavy (non-hydrogen) atoms. The Morgan fingerprint density at radius 1 is 1.05 bits per heavy atom. The molecule has 0 radical (unpaired) electrons. The number of pyridine rings is 2. The van der Waals surface area contributed by atoms with Crippen LogP contribution in [0, 0.1) is 32.2 Å². The van der Waals surface area contributed by atoms with E-state index in [9.17, 15) is 29.3 Å². The van der Waals surface area contributed by atoms with Gasteiger partial charge in [-0.1, -0.05) is 0 Å². The van der Waals surface area contributed by atoms with Crippen molar-refractivity contribution in [3.05, 3.63) is 73.1 Å². The summed E-state index contributed by atoms with van der Waals surface area (Å²) < 4.78 is 24.9. The van der Waals surface area contributed by atoms with E-state index < -0.39 is 27.4 Å². The van der Waals surface area contributed by atoms with Gasteiger partial charge in [-0.05, 0) is 29.3 Å². The molecule has 2 heterocycles. The molecule has 0 saturated heterocycles. The van der Waals surface area contributed by atoms with E-state index >= 15 is 0 Å². The van der Waals surface area contributed by atoms with Crippen LogP contribution >= 0.6 is 23.2 Å². The summed E-state index contributed by atoms with van der Waals surface area (Å²) in [6, 6.07) is 2.98. The average molecular weight is 340 g/mol. The van der Waals surface area contributed by atoms with Gasteiger partial charge in [0.15, 0.2) is 5.82 Å². The highest BCUT2D eigenvalue weighted by molar-refractivity contribution is 6.28. The Morgan fingerprint density at radius 2 is 1.62 bits per heavy atom. The number of rotatable bonds is 1. The van der Waals surface area contributed by atoms with E-state index in [0.29, 0.717) is 12.3 Å². The summed E-state index contributed by atoms with van der Waals surface area (Å²) in [7, 11) is 0. The zero-order chi connectivity index (χ0) is 16.2. The van der Waals surface area contributed by atoms with E-state index in [-0.39, 0.29) is 14.6 Å². The minimum Gasteiger partial charge on any atom is -0.618 e. The first-order valence-electron chi connectivity index (χ1n) is 4.99. The Labute approximate surface area is 125 Å². The minimum absolute atomic E-state index is 0.00386. The van der Waals surface area contributed by atoms with Gasteiger partial charge < -0.3 is 10.4 Å². The third-order valence-electron chi connectivity index (χ3n) is 1.97. The summed E-state index contributed by atoms with van der Waals surface area (Å²) in [5.41, 5.74) is -0.813. The third kappa shape index (κ3) is 4.65. The van der Waals surface area contributed by atoms with Gasteiger partial charge in [-0.15, -0.1) is 0 Å². The van der Waals surface area contributed by atoms with Crippen LogP contribution in [-0.2, 0) is 0 Å². The molecule has 2 aromatic heterocycles. The normalized spacial score (nSPS) is 9.71. The quantitative estimate of drug-likeness (QED) is 0.261. The fourth-order valence-corrected chi connectivity index (χ4v) is 1.32. The first-order chi connectivity index (χ1) is 9.72. The molecule has 0 bridgehead atoms. The molecule has 0 spiro atoms. The maximum atomic E-state index is 12.6. The van der Waals surface area contributed by atoms with E-state index in [1.54, 1.807) is 0 Å². The van der Waals surface area contributed by atoms with E-state index in [2.05, 4.69) is 0 Å². The van der Waals surface area contributed by atoms with Crippen LogP contribution in [0.2, 0.25) is 10.3 Å². The van der Waals surface area contributed by atoms with Crippen molar-refractivity contribution in [2.75, 3.05) is 0 Å². The van der Waals surface area contributed by atoms with Crippen LogP contribution < -0.4 is 9.46 Å². The number of aromatic nitrogens is 2. The molecule has 2 rings (SSSR count). The fourth-order valence-electron chi connectivity index (χ4n) is 1.05. The van der Waals surface area contributed by atoms with Crippen molar-refractivity contribution in [3.63, 3.8) is 0 Å². The Morgan fingerprint density at radius 3 is 2.10 bits per heavy atom. The zero-order valence-electron chi connectivity index (χ0n) is 9.87. The molecule has 0 aliphatic heterocycles. The summed E-state index contributed by atoms with van der Waals surface area (Å²) in [4.78, 5) is 9.12. The standard InChI is InChI=1S/C5H2ClFN2O3.C5H3ClFNO/c6-5-1-4(9(11)12)3(7)2-8(5)10;6-5-2-1-4(7)3-8(5)9/h1-2H;1-3H. The zero-order valence-corrected chi connectivity index (χ0v) is 11.4. The number of hydrogen-bond acceptors (Lipinski definition) is 4. The number of hydrogen-bond donors (Lipinski definition) is 0. The van der Waals surface area contributed by atoms with Crippen LogP contribution in [0.4, 0.5) is 14.5 Å². The van der Waals surface area contributed by atoms with Crippen LogP contribution in [0.25, 0.3) is 0 Å². The summed E-state index contributed by atoms with van der Waals surface area (Å²) in [6.07, 6.45) is 1.17. The van der Waals surface area contributed by atoms with Crippen LogP contribution in [0.15, 0.2) is 30.6 Å². The molecule has 0 aliphatic carbocycles. The molecule has 0 unspecified atom stereocenters. The molecule has 0 aliphatic rings. The lowest BCUT2D eigenvalue weighted by Crippen LogP contribution is -2.27. The van der Waals surface area contributed by atoms with Gasteiger partial charge in [-0.3, -0.25) is 10.1 Å². The van der Waals surface area contributed by atoms with Gasteiger partial charge in [-0.2, -0.15) is 13.9 Å². The van der Waals surface area contributed by atoms with Gasteiger partial charge in [-0.25, -0.2) is 4.39 Å². The van der Waals surface area contributed by atoms with Crippen molar-refractivity contribution >= 4 is 28.9 Å². The first kappa shape index (κ1) is 16.8. The molecule has 0 N–H and O–H groups in total. The second-order valence-corrected chi connectivity index (χ2v) is 4.18. The molecule has 7 nitrogen and oxygen atoms in total. The average Bonchev–Trinajstić information content (AvgIpc) is 2.39. The second-order valence-electron chi connectivity index (χ2n) is 3.41. The minimum atomic E-state index is -1.21. The van der Waals surface area contributed by atoms with Crippen molar-refractivity contribution in [1.82, 2.24) is 0 Å². The predicted molar refractivity (Wildman–Crippen MR) is 67.4 cm³/mol. The van der Waals surface area contributed by atoms with Gasteiger partial charge in [0.1, 0.15) is 6.07 Å². The summed E-state index contributed by atoms with van der Waals surface area (Å²) in [5, 5.41) is 30.5. The maximum absolute atomic E-state index is 12.6. The van der Waals surface area contributed by atoms with Gasteiger partial charge in [0.25, 0.3) is 16.1 Å². The molecule has 0 aromatic carbocycles. The lowest BCUT2D eigenvalue weighted by molar-refractivity contribution is -0.605. The van der Waals surface area contributed by atoms with E-state index in [4.69, 9.17) is 23.2 Å². The van der Waals surface area contributed by atoms with Crippen molar-refractivity contribution in [3.8, 4) is 0 Å². The molecular formula is C10H5Cl2F2N3O4. The van der Waals surface area contributed by atoms with Crippen molar-refractivity contribution in [2.45, 2.75) is 0 Å². The molecule has 2 aromatic rings. The predicted octanol–water partition coefficient (Wildman–Crippen LogP) is 2.13. The van der Waals surface area contributed by atoms with Crippen molar-refractivity contribution < 1.29 is 23.2 Å². The lowest BCUT2D eigenvalue weighted by atomic mass is 10.4. The van der Waals surface area contributed by atoms with Gasteiger partial charge in [0.05, 0.1) is 4.92 Å². The van der Waals surface area contributed by atoms with Crippen molar-refractivity contribution in [2.24, 2.45) is 0 Å². The molecule has 0 fully saturated rings. The lowest BCUT2D eigenvalue weighted by Gasteiger charge is -1.97. The molecule has 0 saturated carbocycles. The smallest absolute Gasteiger partial charge is 0.318 e. The summed E-state index contributed by atoms with van der Waals surface area (Å²) in [6.45, 7) is 0. The molecule has 112 valence electrons. The van der Waals surface area contributed by atoms with Crippen LogP contribution in [0.3, 0.4) is 0 Å². The van der Waals surface area contributed by atoms with E-state index in [1.165, 1.54) is 6.07 Å². The highest BCUT2D eigenvalue weighted by atomic mass is 35.5. The first-order valence-corrected chi connectivity index (χ1v) is 5.74. The topological polar surface area (TPSA) is 97.0 Å². The van der Waals surface area contributed by atoms with Gasteiger partial charge in [0, 0.05) is 6.07 Å². The maximum Gasteiger partial charge on any atom is 0.318 e. The highest BCUT2D eigenvalue weighted by Gasteiger charge is 2.20. The number of halogens is 4. The monoisotopic (exact) mass is 339 g/mol. The highest BCUT2D eigenvalue weighted by Crippen LogP contribution is 2.17. The summed E-state index contributed by atoms with van der Waals surface area (Å²) in [5.74, 6) is -1.80. The Bertz CT molecular complexity index is 688. The van der Waals surface area contributed by atoms with E-state index in [1.807, 2.05) is 0 Å². The summed E-state index contributed by atoms with van der Waals surface area (Å²) >= 11 is 10.5. The SMILES string of the molecule is O=[N+]([O-])c1cc(Cl)[n+]([O-])cc1F.[O-][n+]1cc(F)ccc1Cl. The van der Waals surface area contributed by atoms with E-state index in [0.717, 1.165) is 12.3 Å². The Hall–Kier alpha value is -2.26. The molecule has 0 atom stereocenters.